The Morgan fingerprint density at radius 2 is 1.79 bits per heavy atom. The molecule has 1 nitrogen and oxygen atoms in total. The zero-order valence-electron chi connectivity index (χ0n) is 8.82. The predicted octanol–water partition coefficient (Wildman–Crippen LogP) is 1.76. The predicted molar refractivity (Wildman–Crippen MR) is 63.9 cm³/mol. The monoisotopic (exact) mass is 253 g/mol. The molecule has 0 heterocycles. The Hall–Kier alpha value is -0.851. The van der Waals surface area contributed by atoms with E-state index in [4.69, 9.17) is 0 Å². The van der Waals surface area contributed by atoms with Gasteiger partial charge in [0.25, 0.3) is 0 Å². The number of aryl methyl sites for hydroxylation is 1. The molecular formula is C12H15NSe. The number of hydrogen-bond acceptors (Lipinski definition) is 1. The molecule has 0 amide bonds. The molecule has 1 aromatic carbocycles. The van der Waals surface area contributed by atoms with Crippen molar-refractivity contribution >= 4 is 20.0 Å². The molecule has 74 valence electrons. The van der Waals surface area contributed by atoms with E-state index in [1.807, 2.05) is 25.2 Å². The summed E-state index contributed by atoms with van der Waals surface area (Å²) < 4.78 is 1.17. The van der Waals surface area contributed by atoms with Gasteiger partial charge in [-0.15, -0.1) is 0 Å². The van der Waals surface area contributed by atoms with Gasteiger partial charge in [-0.05, 0) is 0 Å². The second-order valence-electron chi connectivity index (χ2n) is 3.51. The summed E-state index contributed by atoms with van der Waals surface area (Å²) in [7, 11) is 4.03. The fraction of sp³-hybridized carbons (Fsp3) is 0.250. The average molecular weight is 252 g/mol. The standard InChI is InChI=1S/C12H15NSe/c1-10-4-6-11(7-5-10)12(14)8-9-13(2)3/h4-9H,1-3H3/b9-8+. The van der Waals surface area contributed by atoms with Crippen molar-refractivity contribution in [3.8, 4) is 0 Å². The molecule has 0 bridgehead atoms. The van der Waals surface area contributed by atoms with Crippen LogP contribution < -0.4 is 0 Å². The third-order valence-corrected chi connectivity index (χ3v) is 2.64. The molecule has 0 aromatic heterocycles. The van der Waals surface area contributed by atoms with Gasteiger partial charge in [-0.3, -0.25) is 0 Å². The van der Waals surface area contributed by atoms with Gasteiger partial charge >= 0.3 is 93.6 Å². The van der Waals surface area contributed by atoms with Crippen LogP contribution in [-0.2, 0) is 0 Å². The van der Waals surface area contributed by atoms with Crippen molar-refractivity contribution in [2.75, 3.05) is 14.1 Å². The topological polar surface area (TPSA) is 3.24 Å². The third kappa shape index (κ3) is 3.49. The van der Waals surface area contributed by atoms with Crippen molar-refractivity contribution in [3.05, 3.63) is 47.7 Å². The molecular weight excluding hydrogens is 237 g/mol. The molecule has 14 heavy (non-hydrogen) atoms. The van der Waals surface area contributed by atoms with Gasteiger partial charge in [0.05, 0.1) is 0 Å². The van der Waals surface area contributed by atoms with Crippen LogP contribution in [0, 0.1) is 6.92 Å². The zero-order valence-corrected chi connectivity index (χ0v) is 10.5. The molecule has 0 saturated heterocycles. The normalized spacial score (nSPS) is 10.5. The number of nitrogens with zero attached hydrogens (tertiary/aromatic N) is 1. The van der Waals surface area contributed by atoms with E-state index in [9.17, 15) is 0 Å². The first-order valence-corrected chi connectivity index (χ1v) is 5.41. The maximum atomic E-state index is 3.07. The van der Waals surface area contributed by atoms with Gasteiger partial charge in [0.2, 0.25) is 0 Å². The number of benzene rings is 1. The minimum absolute atomic E-state index is 1.17. The van der Waals surface area contributed by atoms with Gasteiger partial charge < -0.3 is 0 Å². The van der Waals surface area contributed by atoms with Crippen LogP contribution in [0.15, 0.2) is 36.5 Å². The Kier molecular flexibility index (Phi) is 4.12. The number of rotatable bonds is 3. The molecule has 0 atom stereocenters. The van der Waals surface area contributed by atoms with Crippen molar-refractivity contribution < 1.29 is 0 Å². The average Bonchev–Trinajstić information content (AvgIpc) is 2.15. The van der Waals surface area contributed by atoms with Crippen LogP contribution in [0.1, 0.15) is 11.1 Å². The van der Waals surface area contributed by atoms with E-state index in [1.165, 1.54) is 15.5 Å². The van der Waals surface area contributed by atoms with Gasteiger partial charge in [-0.25, -0.2) is 0 Å². The second kappa shape index (κ2) is 5.14. The Morgan fingerprint density at radius 1 is 1.21 bits per heavy atom. The fourth-order valence-electron chi connectivity index (χ4n) is 1.03. The summed E-state index contributed by atoms with van der Waals surface area (Å²) in [6.45, 7) is 2.10. The van der Waals surface area contributed by atoms with Crippen LogP contribution in [0.4, 0.5) is 0 Å². The van der Waals surface area contributed by atoms with Crippen molar-refractivity contribution in [2.24, 2.45) is 0 Å². The van der Waals surface area contributed by atoms with E-state index in [1.54, 1.807) is 0 Å². The molecule has 0 aliphatic heterocycles. The van der Waals surface area contributed by atoms with Gasteiger partial charge in [-0.1, -0.05) is 0 Å². The van der Waals surface area contributed by atoms with E-state index >= 15 is 0 Å². The van der Waals surface area contributed by atoms with Crippen molar-refractivity contribution in [1.82, 2.24) is 4.90 Å². The van der Waals surface area contributed by atoms with Crippen LogP contribution in [0.2, 0.25) is 0 Å². The second-order valence-corrected chi connectivity index (χ2v) is 4.43. The van der Waals surface area contributed by atoms with Gasteiger partial charge in [0, 0.05) is 0 Å². The van der Waals surface area contributed by atoms with Crippen molar-refractivity contribution in [3.63, 3.8) is 0 Å². The summed E-state index contributed by atoms with van der Waals surface area (Å²) in [5.74, 6) is 0. The van der Waals surface area contributed by atoms with E-state index in [-0.39, 0.29) is 0 Å². The maximum absolute atomic E-state index is 3.07. The van der Waals surface area contributed by atoms with E-state index in [2.05, 4.69) is 52.8 Å². The third-order valence-electron chi connectivity index (χ3n) is 1.86. The molecule has 0 unspecified atom stereocenters. The Labute approximate surface area is 93.8 Å². The van der Waals surface area contributed by atoms with Gasteiger partial charge in [0.1, 0.15) is 0 Å². The van der Waals surface area contributed by atoms with Crippen molar-refractivity contribution in [1.29, 1.82) is 0 Å². The summed E-state index contributed by atoms with van der Waals surface area (Å²) in [5.41, 5.74) is 2.52. The molecule has 0 aliphatic rings. The molecule has 2 heteroatoms. The van der Waals surface area contributed by atoms with E-state index in [0.29, 0.717) is 0 Å². The number of hydrogen-bond donors (Lipinski definition) is 0. The van der Waals surface area contributed by atoms with Crippen LogP contribution in [0.25, 0.3) is 0 Å². The van der Waals surface area contributed by atoms with E-state index < -0.39 is 0 Å². The summed E-state index contributed by atoms with van der Waals surface area (Å²) in [6, 6.07) is 8.49. The summed E-state index contributed by atoms with van der Waals surface area (Å²) in [4.78, 5) is 2.02. The zero-order chi connectivity index (χ0) is 10.6. The SMILES string of the molecule is Cc1ccc(C(=[Se])/C=C/N(C)C)cc1. The summed E-state index contributed by atoms with van der Waals surface area (Å²) in [5, 5.41) is 0. The molecule has 0 N–H and O–H groups in total. The number of allylic oxidation sites excluding steroid dienone is 1. The molecule has 0 spiro atoms. The Bertz CT molecular complexity index is 336. The summed E-state index contributed by atoms with van der Waals surface area (Å²) >= 11 is 3.07. The molecule has 0 fully saturated rings. The van der Waals surface area contributed by atoms with Gasteiger partial charge in [-0.2, -0.15) is 0 Å². The summed E-state index contributed by atoms with van der Waals surface area (Å²) in [6.07, 6.45) is 4.11. The first kappa shape index (κ1) is 11.2. The fourth-order valence-corrected chi connectivity index (χ4v) is 1.44. The molecule has 1 rings (SSSR count). The van der Waals surface area contributed by atoms with Gasteiger partial charge in [0.15, 0.2) is 0 Å². The molecule has 0 aliphatic carbocycles. The van der Waals surface area contributed by atoms with Crippen molar-refractivity contribution in [2.45, 2.75) is 6.92 Å². The first-order chi connectivity index (χ1) is 6.59. The van der Waals surface area contributed by atoms with Crippen LogP contribution in [-0.4, -0.2) is 39.0 Å². The molecule has 0 saturated carbocycles. The first-order valence-electron chi connectivity index (χ1n) is 4.55. The Morgan fingerprint density at radius 3 is 2.29 bits per heavy atom. The molecule has 1 aromatic rings. The molecule has 0 radical (unpaired) electrons. The minimum atomic E-state index is 1.17. The van der Waals surface area contributed by atoms with Crippen LogP contribution in [0.3, 0.4) is 0 Å². The van der Waals surface area contributed by atoms with E-state index in [0.717, 1.165) is 0 Å². The Balaban J connectivity index is 2.75. The van der Waals surface area contributed by atoms with Crippen LogP contribution >= 0.6 is 0 Å². The van der Waals surface area contributed by atoms with Crippen LogP contribution in [0.5, 0.6) is 0 Å². The quantitative estimate of drug-likeness (QED) is 0.741.